The van der Waals surface area contributed by atoms with Crippen LogP contribution in [0.3, 0.4) is 0 Å². The fraction of sp³-hybridized carbons (Fsp3) is 0.188. The molecule has 4 heteroatoms. The van der Waals surface area contributed by atoms with E-state index < -0.39 is 0 Å². The Balaban J connectivity index is 2.17. The van der Waals surface area contributed by atoms with Crippen LogP contribution in [0.25, 0.3) is 16.9 Å². The van der Waals surface area contributed by atoms with Crippen LogP contribution in [0.5, 0.6) is 5.75 Å². The van der Waals surface area contributed by atoms with Crippen molar-refractivity contribution in [2.24, 2.45) is 0 Å². The molecule has 0 unspecified atom stereocenters. The first-order chi connectivity index (χ1) is 9.58. The van der Waals surface area contributed by atoms with Gasteiger partial charge in [-0.15, -0.1) is 0 Å². The summed E-state index contributed by atoms with van der Waals surface area (Å²) in [6.07, 6.45) is 3.86. The van der Waals surface area contributed by atoms with Crippen LogP contribution < -0.4 is 4.74 Å². The molecular weight excluding hydrogens is 272 g/mol. The smallest absolute Gasteiger partial charge is 0.137 e. The Kier molecular flexibility index (Phi) is 3.14. The van der Waals surface area contributed by atoms with Crippen LogP contribution in [0.2, 0.25) is 5.02 Å². The van der Waals surface area contributed by atoms with Gasteiger partial charge in [-0.1, -0.05) is 11.6 Å². The van der Waals surface area contributed by atoms with Crippen LogP contribution >= 0.6 is 11.6 Å². The summed E-state index contributed by atoms with van der Waals surface area (Å²) in [5.74, 6) is 0.901. The molecule has 0 amide bonds. The number of halogens is 1. The first-order valence-corrected chi connectivity index (χ1v) is 6.76. The van der Waals surface area contributed by atoms with Crippen molar-refractivity contribution in [1.82, 2.24) is 9.38 Å². The van der Waals surface area contributed by atoms with E-state index in [1.54, 1.807) is 7.11 Å². The molecule has 0 aliphatic rings. The average molecular weight is 287 g/mol. The van der Waals surface area contributed by atoms with E-state index in [2.05, 4.69) is 18.0 Å². The average Bonchev–Trinajstić information content (AvgIpc) is 2.83. The highest BCUT2D eigenvalue weighted by Gasteiger charge is 2.10. The Morgan fingerprint density at radius 2 is 1.90 bits per heavy atom. The van der Waals surface area contributed by atoms with E-state index in [0.29, 0.717) is 5.02 Å². The van der Waals surface area contributed by atoms with Gasteiger partial charge in [0.15, 0.2) is 0 Å². The molecule has 0 spiro atoms. The van der Waals surface area contributed by atoms with Crippen LogP contribution in [-0.4, -0.2) is 16.5 Å². The zero-order valence-corrected chi connectivity index (χ0v) is 12.4. The van der Waals surface area contributed by atoms with Crippen LogP contribution in [-0.2, 0) is 0 Å². The zero-order chi connectivity index (χ0) is 14.3. The molecule has 0 bridgehead atoms. The van der Waals surface area contributed by atoms with Gasteiger partial charge < -0.3 is 9.14 Å². The topological polar surface area (TPSA) is 26.5 Å². The normalized spacial score (nSPS) is 11.0. The van der Waals surface area contributed by atoms with Crippen molar-refractivity contribution in [3.05, 3.63) is 52.8 Å². The predicted molar refractivity (Wildman–Crippen MR) is 81.7 cm³/mol. The van der Waals surface area contributed by atoms with Crippen molar-refractivity contribution in [3.63, 3.8) is 0 Å². The number of hydrogen-bond acceptors (Lipinski definition) is 2. The summed E-state index contributed by atoms with van der Waals surface area (Å²) < 4.78 is 7.29. The van der Waals surface area contributed by atoms with E-state index in [-0.39, 0.29) is 0 Å². The van der Waals surface area contributed by atoms with E-state index in [9.17, 15) is 0 Å². The second-order valence-corrected chi connectivity index (χ2v) is 5.31. The third kappa shape index (κ3) is 2.14. The molecule has 3 rings (SSSR count). The molecule has 2 heterocycles. The number of imidazole rings is 1. The third-order valence-corrected chi connectivity index (χ3v) is 3.66. The molecule has 0 saturated heterocycles. The van der Waals surface area contributed by atoms with Gasteiger partial charge in [0.1, 0.15) is 11.4 Å². The van der Waals surface area contributed by atoms with Gasteiger partial charge in [0.2, 0.25) is 0 Å². The third-order valence-electron chi connectivity index (χ3n) is 3.43. The number of nitrogens with zero attached hydrogens (tertiary/aromatic N) is 2. The van der Waals surface area contributed by atoms with Crippen LogP contribution in [0.15, 0.2) is 36.7 Å². The predicted octanol–water partition coefficient (Wildman–Crippen LogP) is 4.28. The molecule has 0 atom stereocenters. The van der Waals surface area contributed by atoms with Crippen molar-refractivity contribution in [2.45, 2.75) is 13.8 Å². The highest BCUT2D eigenvalue weighted by molar-refractivity contribution is 6.30. The minimum absolute atomic E-state index is 0.698. The number of ether oxygens (including phenoxy) is 1. The van der Waals surface area contributed by atoms with Gasteiger partial charge in [0.25, 0.3) is 0 Å². The lowest BCUT2D eigenvalue weighted by molar-refractivity contribution is 0.411. The highest BCUT2D eigenvalue weighted by Crippen LogP contribution is 2.29. The summed E-state index contributed by atoms with van der Waals surface area (Å²) in [7, 11) is 1.69. The lowest BCUT2D eigenvalue weighted by Gasteiger charge is -2.09. The maximum Gasteiger partial charge on any atom is 0.137 e. The van der Waals surface area contributed by atoms with Crippen molar-refractivity contribution < 1.29 is 4.74 Å². The minimum atomic E-state index is 0.698. The van der Waals surface area contributed by atoms with Crippen molar-refractivity contribution in [1.29, 1.82) is 0 Å². The molecule has 0 radical (unpaired) electrons. The van der Waals surface area contributed by atoms with Gasteiger partial charge in [0.05, 0.1) is 17.8 Å². The number of aryl methyl sites for hydroxylation is 2. The minimum Gasteiger partial charge on any atom is -0.496 e. The first-order valence-electron chi connectivity index (χ1n) is 6.38. The molecule has 2 aromatic heterocycles. The van der Waals surface area contributed by atoms with E-state index >= 15 is 0 Å². The Bertz CT molecular complexity index is 793. The number of rotatable bonds is 2. The Labute approximate surface area is 122 Å². The molecule has 0 saturated carbocycles. The van der Waals surface area contributed by atoms with E-state index in [1.165, 1.54) is 0 Å². The lowest BCUT2D eigenvalue weighted by Crippen LogP contribution is -1.91. The molecule has 20 heavy (non-hydrogen) atoms. The van der Waals surface area contributed by atoms with E-state index in [0.717, 1.165) is 33.8 Å². The quantitative estimate of drug-likeness (QED) is 0.703. The Morgan fingerprint density at radius 1 is 1.10 bits per heavy atom. The Hall–Kier alpha value is -2.00. The summed E-state index contributed by atoms with van der Waals surface area (Å²) in [5, 5.41) is 0.698. The maximum absolute atomic E-state index is 6.00. The number of hydrogen-bond donors (Lipinski definition) is 0. The molecule has 0 aliphatic heterocycles. The Morgan fingerprint density at radius 3 is 2.65 bits per heavy atom. The lowest BCUT2D eigenvalue weighted by atomic mass is 10.0. The zero-order valence-electron chi connectivity index (χ0n) is 11.6. The molecule has 0 fully saturated rings. The summed E-state index contributed by atoms with van der Waals surface area (Å²) in [4.78, 5) is 4.65. The number of benzene rings is 1. The van der Waals surface area contributed by atoms with E-state index in [1.807, 2.05) is 41.9 Å². The van der Waals surface area contributed by atoms with Crippen molar-refractivity contribution >= 4 is 17.2 Å². The van der Waals surface area contributed by atoms with Gasteiger partial charge >= 0.3 is 0 Å². The second kappa shape index (κ2) is 4.84. The van der Waals surface area contributed by atoms with E-state index in [4.69, 9.17) is 16.3 Å². The number of fused-ring (bicyclic) bond motifs is 1. The van der Waals surface area contributed by atoms with Crippen LogP contribution in [0.4, 0.5) is 0 Å². The summed E-state index contributed by atoms with van der Waals surface area (Å²) in [5.41, 5.74) is 5.18. The molecule has 3 aromatic rings. The van der Waals surface area contributed by atoms with Gasteiger partial charge in [-0.25, -0.2) is 4.98 Å². The molecule has 0 aliphatic carbocycles. The number of pyridine rings is 1. The summed E-state index contributed by atoms with van der Waals surface area (Å²) >= 11 is 6.00. The van der Waals surface area contributed by atoms with Crippen LogP contribution in [0, 0.1) is 13.8 Å². The second-order valence-electron chi connectivity index (χ2n) is 4.88. The van der Waals surface area contributed by atoms with Gasteiger partial charge in [0, 0.05) is 18.0 Å². The molecule has 1 aromatic carbocycles. The summed E-state index contributed by atoms with van der Waals surface area (Å²) in [6.45, 7) is 4.10. The molecular formula is C16H15ClN2O. The highest BCUT2D eigenvalue weighted by atomic mass is 35.5. The fourth-order valence-electron chi connectivity index (χ4n) is 2.38. The standard InChI is InChI=1S/C16H15ClN2O/c1-10-7-15(20-3)11(2)6-13(10)14-9-19-8-12(17)4-5-16(19)18-14/h4-9H,1-3H3. The van der Waals surface area contributed by atoms with Crippen molar-refractivity contribution in [2.75, 3.05) is 7.11 Å². The number of aromatic nitrogens is 2. The van der Waals surface area contributed by atoms with Gasteiger partial charge in [-0.3, -0.25) is 0 Å². The SMILES string of the molecule is COc1cc(C)c(-c2cn3cc(Cl)ccc3n2)cc1C. The number of methoxy groups -OCH3 is 1. The molecule has 3 nitrogen and oxygen atoms in total. The monoisotopic (exact) mass is 286 g/mol. The largest absolute Gasteiger partial charge is 0.496 e. The van der Waals surface area contributed by atoms with Gasteiger partial charge in [-0.2, -0.15) is 0 Å². The molecule has 0 N–H and O–H groups in total. The summed E-state index contributed by atoms with van der Waals surface area (Å²) in [6, 6.07) is 7.91. The van der Waals surface area contributed by atoms with Gasteiger partial charge in [-0.05, 0) is 49.2 Å². The first kappa shape index (κ1) is 13.0. The van der Waals surface area contributed by atoms with Crippen molar-refractivity contribution in [3.8, 4) is 17.0 Å². The maximum atomic E-state index is 6.00. The fourth-order valence-corrected chi connectivity index (χ4v) is 2.55. The molecule has 102 valence electrons. The van der Waals surface area contributed by atoms with Crippen LogP contribution in [0.1, 0.15) is 11.1 Å².